The van der Waals surface area contributed by atoms with E-state index < -0.39 is 23.0 Å². The molecule has 4 rings (SSSR count). The van der Waals surface area contributed by atoms with Gasteiger partial charge in [0.2, 0.25) is 5.91 Å². The number of nitrogens with zero attached hydrogens (tertiary/aromatic N) is 2. The van der Waals surface area contributed by atoms with Crippen molar-refractivity contribution in [3.63, 3.8) is 0 Å². The molecule has 0 bridgehead atoms. The number of hydrogen-bond acceptors (Lipinski definition) is 3. The minimum atomic E-state index is -1.07. The van der Waals surface area contributed by atoms with Crippen molar-refractivity contribution in [1.82, 2.24) is 4.90 Å². The number of methoxy groups -OCH3 is 1. The number of ether oxygens (including phenoxy) is 1. The number of rotatable bonds is 2. The predicted octanol–water partition coefficient (Wildman–Crippen LogP) is 2.73. The lowest BCUT2D eigenvalue weighted by Crippen LogP contribution is -2.42. The molecule has 1 atom stereocenters. The van der Waals surface area contributed by atoms with Gasteiger partial charge in [-0.1, -0.05) is 0 Å². The van der Waals surface area contributed by atoms with E-state index in [-0.39, 0.29) is 18.0 Å². The third-order valence-electron chi connectivity index (χ3n) is 5.52. The monoisotopic (exact) mass is 372 g/mol. The van der Waals surface area contributed by atoms with E-state index in [0.29, 0.717) is 18.7 Å². The highest BCUT2D eigenvalue weighted by atomic mass is 19.2. The van der Waals surface area contributed by atoms with Gasteiger partial charge >= 0.3 is 0 Å². The first-order valence-electron chi connectivity index (χ1n) is 8.58. The summed E-state index contributed by atoms with van der Waals surface area (Å²) in [6.45, 7) is 0.544. The minimum absolute atomic E-state index is 0.0654. The Morgan fingerprint density at radius 2 is 1.93 bits per heavy atom. The molecular formula is C20H18F2N2O3. The topological polar surface area (TPSA) is 49.9 Å². The van der Waals surface area contributed by atoms with Gasteiger partial charge in [-0.05, 0) is 48.4 Å². The number of amides is 2. The summed E-state index contributed by atoms with van der Waals surface area (Å²) in [5.74, 6) is -1.93. The van der Waals surface area contributed by atoms with Crippen LogP contribution in [0.5, 0.6) is 5.75 Å². The molecule has 0 unspecified atom stereocenters. The molecule has 2 aliphatic rings. The van der Waals surface area contributed by atoms with Gasteiger partial charge in [-0.2, -0.15) is 0 Å². The van der Waals surface area contributed by atoms with Crippen LogP contribution in [0.1, 0.15) is 22.3 Å². The Balaban J connectivity index is 1.68. The summed E-state index contributed by atoms with van der Waals surface area (Å²) in [6, 6.07) is 8.54. The Morgan fingerprint density at radius 1 is 1.15 bits per heavy atom. The van der Waals surface area contributed by atoms with E-state index >= 15 is 0 Å². The van der Waals surface area contributed by atoms with Gasteiger partial charge in [0.1, 0.15) is 5.75 Å². The highest BCUT2D eigenvalue weighted by Gasteiger charge is 2.54. The lowest BCUT2D eigenvalue weighted by atomic mass is 9.81. The molecule has 140 valence electrons. The van der Waals surface area contributed by atoms with Crippen molar-refractivity contribution in [1.29, 1.82) is 0 Å². The number of carbonyl (C=O) groups excluding carboxylic acids is 2. The summed E-state index contributed by atoms with van der Waals surface area (Å²) in [7, 11) is 3.27. The molecule has 2 amide bonds. The second kappa shape index (κ2) is 6.04. The van der Waals surface area contributed by atoms with Crippen LogP contribution >= 0.6 is 0 Å². The van der Waals surface area contributed by atoms with Gasteiger partial charge in [-0.25, -0.2) is 8.78 Å². The summed E-state index contributed by atoms with van der Waals surface area (Å²) in [6.07, 6.45) is 0.464. The van der Waals surface area contributed by atoms with Crippen molar-refractivity contribution in [2.45, 2.75) is 11.8 Å². The van der Waals surface area contributed by atoms with Gasteiger partial charge < -0.3 is 14.5 Å². The van der Waals surface area contributed by atoms with Crippen molar-refractivity contribution in [2.75, 3.05) is 32.1 Å². The lowest BCUT2D eigenvalue weighted by Gasteiger charge is -2.23. The van der Waals surface area contributed by atoms with Crippen LogP contribution in [0.3, 0.4) is 0 Å². The Hall–Kier alpha value is -2.96. The summed E-state index contributed by atoms with van der Waals surface area (Å²) in [5, 5.41) is 0. The van der Waals surface area contributed by atoms with Crippen LogP contribution in [-0.2, 0) is 10.2 Å². The third-order valence-corrected chi connectivity index (χ3v) is 5.52. The Bertz CT molecular complexity index is 962. The number of hydrogen-bond donors (Lipinski definition) is 0. The van der Waals surface area contributed by atoms with Crippen molar-refractivity contribution >= 4 is 17.5 Å². The van der Waals surface area contributed by atoms with Gasteiger partial charge in [0.15, 0.2) is 11.6 Å². The van der Waals surface area contributed by atoms with Crippen molar-refractivity contribution in [3.8, 4) is 5.75 Å². The molecule has 2 aliphatic heterocycles. The molecule has 0 radical (unpaired) electrons. The van der Waals surface area contributed by atoms with Crippen molar-refractivity contribution in [3.05, 3.63) is 59.2 Å². The van der Waals surface area contributed by atoms with Crippen LogP contribution in [0.15, 0.2) is 36.4 Å². The van der Waals surface area contributed by atoms with Gasteiger partial charge in [0, 0.05) is 31.4 Å². The SMILES string of the molecule is COc1ccc2c(c1)[C@]1(CCN(C(=O)c3ccc(F)c(F)c3)C1)C(=O)N2C. The molecule has 0 N–H and O–H groups in total. The van der Waals surface area contributed by atoms with Gasteiger partial charge in [-0.3, -0.25) is 9.59 Å². The maximum Gasteiger partial charge on any atom is 0.254 e. The maximum absolute atomic E-state index is 13.5. The number of likely N-dealkylation sites (N-methyl/N-ethyl adjacent to an activating group) is 1. The zero-order valence-electron chi connectivity index (χ0n) is 15.0. The molecule has 7 heteroatoms. The Morgan fingerprint density at radius 3 is 2.63 bits per heavy atom. The van der Waals surface area contributed by atoms with Crippen molar-refractivity contribution < 1.29 is 23.1 Å². The number of carbonyl (C=O) groups is 2. The number of benzene rings is 2. The minimum Gasteiger partial charge on any atom is -0.497 e. The standard InChI is InChI=1S/C20H18F2N2O3/c1-23-17-6-4-13(27-2)10-14(17)20(19(23)26)7-8-24(11-20)18(25)12-3-5-15(21)16(22)9-12/h3-6,9-10H,7-8,11H2,1-2H3/t20-/m1/s1. The van der Waals surface area contributed by atoms with Gasteiger partial charge in [0.05, 0.1) is 12.5 Å². The van der Waals surface area contributed by atoms with E-state index in [1.165, 1.54) is 11.0 Å². The molecule has 5 nitrogen and oxygen atoms in total. The average Bonchev–Trinajstić information content (AvgIpc) is 3.21. The molecule has 0 aromatic heterocycles. The molecule has 2 aromatic rings. The van der Waals surface area contributed by atoms with E-state index in [2.05, 4.69) is 0 Å². The molecular weight excluding hydrogens is 354 g/mol. The number of halogens is 2. The fourth-order valence-corrected chi connectivity index (χ4v) is 4.05. The fraction of sp³-hybridized carbons (Fsp3) is 0.300. The smallest absolute Gasteiger partial charge is 0.254 e. The summed E-state index contributed by atoms with van der Waals surface area (Å²) in [4.78, 5) is 28.9. The van der Waals surface area contributed by atoms with E-state index in [4.69, 9.17) is 4.74 Å². The lowest BCUT2D eigenvalue weighted by molar-refractivity contribution is -0.122. The molecule has 1 fully saturated rings. The van der Waals surface area contributed by atoms with Gasteiger partial charge in [0.25, 0.3) is 5.91 Å². The summed E-state index contributed by atoms with van der Waals surface area (Å²) >= 11 is 0. The second-order valence-electron chi connectivity index (χ2n) is 6.93. The Labute approximate surface area is 155 Å². The zero-order valence-corrected chi connectivity index (χ0v) is 15.0. The van der Waals surface area contributed by atoms with Crippen LogP contribution in [0.4, 0.5) is 14.5 Å². The van der Waals surface area contributed by atoms with Crippen LogP contribution < -0.4 is 9.64 Å². The maximum atomic E-state index is 13.5. The molecule has 2 aromatic carbocycles. The van der Waals surface area contributed by atoms with Crippen LogP contribution in [0, 0.1) is 11.6 Å². The molecule has 1 saturated heterocycles. The number of anilines is 1. The molecule has 0 aliphatic carbocycles. The zero-order chi connectivity index (χ0) is 19.3. The molecule has 2 heterocycles. The first-order chi connectivity index (χ1) is 12.9. The normalized spacial score (nSPS) is 21.1. The van der Waals surface area contributed by atoms with Crippen molar-refractivity contribution in [2.24, 2.45) is 0 Å². The molecule has 27 heavy (non-hydrogen) atoms. The number of likely N-dealkylation sites (tertiary alicyclic amines) is 1. The first kappa shape index (κ1) is 17.5. The van der Waals surface area contributed by atoms with E-state index in [1.807, 2.05) is 12.1 Å². The van der Waals surface area contributed by atoms with Crippen LogP contribution in [0.2, 0.25) is 0 Å². The molecule has 1 spiro atoms. The highest BCUT2D eigenvalue weighted by molar-refractivity contribution is 6.09. The average molecular weight is 372 g/mol. The van der Waals surface area contributed by atoms with Crippen LogP contribution in [-0.4, -0.2) is 44.0 Å². The molecule has 0 saturated carbocycles. The van der Waals surface area contributed by atoms with E-state index in [1.54, 1.807) is 25.1 Å². The fourth-order valence-electron chi connectivity index (χ4n) is 4.05. The highest BCUT2D eigenvalue weighted by Crippen LogP contribution is 2.48. The van der Waals surface area contributed by atoms with Crippen LogP contribution in [0.25, 0.3) is 0 Å². The van der Waals surface area contributed by atoms with Gasteiger partial charge in [-0.15, -0.1) is 0 Å². The largest absolute Gasteiger partial charge is 0.497 e. The predicted molar refractivity (Wildman–Crippen MR) is 95.0 cm³/mol. The van der Waals surface area contributed by atoms with E-state index in [9.17, 15) is 18.4 Å². The Kier molecular flexibility index (Phi) is 3.91. The second-order valence-corrected chi connectivity index (χ2v) is 6.93. The number of fused-ring (bicyclic) bond motifs is 2. The summed E-state index contributed by atoms with van der Waals surface area (Å²) in [5.41, 5.74) is 0.848. The van der Waals surface area contributed by atoms with E-state index in [0.717, 1.165) is 23.4 Å². The quantitative estimate of drug-likeness (QED) is 0.815. The third kappa shape index (κ3) is 2.49. The first-order valence-corrected chi connectivity index (χ1v) is 8.58. The summed E-state index contributed by atoms with van der Waals surface area (Å²) < 4.78 is 31.9.